The lowest BCUT2D eigenvalue weighted by Gasteiger charge is -2.28. The van der Waals surface area contributed by atoms with Crippen LogP contribution in [0, 0.1) is 5.92 Å². The van der Waals surface area contributed by atoms with Crippen molar-refractivity contribution in [2.24, 2.45) is 5.92 Å². The molecular weight excluding hydrogens is 416 g/mol. The predicted molar refractivity (Wildman–Crippen MR) is 117 cm³/mol. The van der Waals surface area contributed by atoms with E-state index >= 15 is 0 Å². The molecule has 31 heavy (non-hydrogen) atoms. The summed E-state index contributed by atoms with van der Waals surface area (Å²) < 4.78 is 11.3. The second-order valence-electron chi connectivity index (χ2n) is 8.14. The molecule has 0 aliphatic heterocycles. The van der Waals surface area contributed by atoms with Gasteiger partial charge in [0, 0.05) is 34.5 Å². The largest absolute Gasteiger partial charge is 0.453 e. The van der Waals surface area contributed by atoms with E-state index in [2.05, 4.69) is 10.3 Å². The second kappa shape index (κ2) is 8.19. The van der Waals surface area contributed by atoms with Crippen LogP contribution in [0.15, 0.2) is 57.6 Å². The molecule has 4 aromatic rings. The number of rotatable bonds is 5. The summed E-state index contributed by atoms with van der Waals surface area (Å²) in [6.45, 7) is 0. The maximum atomic E-state index is 12.7. The SMILES string of the molecule is O=C(CC1CCC(NC(=O)c2cc3ccncc3o2)CC1)c1cc2cc(Cl)ccc2o1. The molecule has 1 aliphatic rings. The van der Waals surface area contributed by atoms with Crippen molar-refractivity contribution < 1.29 is 18.4 Å². The summed E-state index contributed by atoms with van der Waals surface area (Å²) in [6.07, 6.45) is 7.15. The Morgan fingerprint density at radius 2 is 1.74 bits per heavy atom. The molecule has 0 saturated heterocycles. The zero-order valence-corrected chi connectivity index (χ0v) is 17.5. The third-order valence-electron chi connectivity index (χ3n) is 5.96. The summed E-state index contributed by atoms with van der Waals surface area (Å²) in [5.41, 5.74) is 1.27. The van der Waals surface area contributed by atoms with Crippen molar-refractivity contribution in [1.82, 2.24) is 10.3 Å². The van der Waals surface area contributed by atoms with E-state index in [0.29, 0.717) is 34.1 Å². The minimum Gasteiger partial charge on any atom is -0.453 e. The van der Waals surface area contributed by atoms with Crippen LogP contribution in [-0.2, 0) is 0 Å². The first-order chi connectivity index (χ1) is 15.0. The van der Waals surface area contributed by atoms with Gasteiger partial charge in [0.2, 0.25) is 0 Å². The van der Waals surface area contributed by atoms with Crippen LogP contribution in [0.4, 0.5) is 0 Å². The van der Waals surface area contributed by atoms with Gasteiger partial charge in [0.05, 0.1) is 6.20 Å². The molecule has 0 radical (unpaired) electrons. The quantitative estimate of drug-likeness (QED) is 0.400. The average molecular weight is 437 g/mol. The second-order valence-corrected chi connectivity index (χ2v) is 8.57. The van der Waals surface area contributed by atoms with Gasteiger partial charge in [-0.1, -0.05) is 11.6 Å². The van der Waals surface area contributed by atoms with Gasteiger partial charge in [0.1, 0.15) is 5.58 Å². The Morgan fingerprint density at radius 3 is 2.55 bits per heavy atom. The fraction of sp³-hybridized carbons (Fsp3) is 0.292. The molecule has 0 atom stereocenters. The number of carbonyl (C=O) groups excluding carboxylic acids is 2. The average Bonchev–Trinajstić information content (AvgIpc) is 3.39. The highest BCUT2D eigenvalue weighted by Gasteiger charge is 2.26. The van der Waals surface area contributed by atoms with Gasteiger partial charge < -0.3 is 14.2 Å². The summed E-state index contributed by atoms with van der Waals surface area (Å²) >= 11 is 6.01. The Morgan fingerprint density at radius 1 is 0.968 bits per heavy atom. The van der Waals surface area contributed by atoms with Gasteiger partial charge in [-0.15, -0.1) is 0 Å². The minimum atomic E-state index is -0.211. The molecule has 6 nitrogen and oxygen atoms in total. The van der Waals surface area contributed by atoms with Crippen molar-refractivity contribution in [1.29, 1.82) is 0 Å². The molecule has 7 heteroatoms. The van der Waals surface area contributed by atoms with E-state index in [1.54, 1.807) is 42.7 Å². The number of nitrogens with one attached hydrogen (secondary N) is 1. The third-order valence-corrected chi connectivity index (χ3v) is 6.19. The molecule has 0 unspecified atom stereocenters. The maximum Gasteiger partial charge on any atom is 0.287 e. The molecule has 1 aliphatic carbocycles. The van der Waals surface area contributed by atoms with Crippen molar-refractivity contribution in [3.8, 4) is 0 Å². The zero-order valence-electron chi connectivity index (χ0n) is 16.8. The topological polar surface area (TPSA) is 85.3 Å². The minimum absolute atomic E-state index is 0.00990. The van der Waals surface area contributed by atoms with Crippen LogP contribution in [0.25, 0.3) is 21.9 Å². The summed E-state index contributed by atoms with van der Waals surface area (Å²) in [6, 6.07) is 10.7. The van der Waals surface area contributed by atoms with Gasteiger partial charge in [-0.3, -0.25) is 14.6 Å². The molecule has 1 amide bonds. The summed E-state index contributed by atoms with van der Waals surface area (Å²) in [5, 5.41) is 5.37. The highest BCUT2D eigenvalue weighted by Crippen LogP contribution is 2.30. The first kappa shape index (κ1) is 19.8. The first-order valence-electron chi connectivity index (χ1n) is 10.4. The number of benzene rings is 1. The lowest BCUT2D eigenvalue weighted by Crippen LogP contribution is -2.37. The molecule has 3 heterocycles. The number of hydrogen-bond donors (Lipinski definition) is 1. The van der Waals surface area contributed by atoms with E-state index in [0.717, 1.165) is 36.5 Å². The molecule has 1 N–H and O–H groups in total. The van der Waals surface area contributed by atoms with Crippen molar-refractivity contribution in [3.05, 3.63) is 65.3 Å². The summed E-state index contributed by atoms with van der Waals surface area (Å²) in [5.74, 6) is 0.763. The molecule has 158 valence electrons. The van der Waals surface area contributed by atoms with E-state index in [1.165, 1.54) is 0 Å². The number of ketones is 1. The van der Waals surface area contributed by atoms with Gasteiger partial charge in [0.15, 0.2) is 22.9 Å². The van der Waals surface area contributed by atoms with Gasteiger partial charge in [-0.25, -0.2) is 0 Å². The van der Waals surface area contributed by atoms with Crippen LogP contribution in [0.5, 0.6) is 0 Å². The fourth-order valence-electron chi connectivity index (χ4n) is 4.28. The van der Waals surface area contributed by atoms with Crippen LogP contribution >= 0.6 is 11.6 Å². The monoisotopic (exact) mass is 436 g/mol. The molecule has 0 bridgehead atoms. The van der Waals surface area contributed by atoms with Crippen LogP contribution < -0.4 is 5.32 Å². The highest BCUT2D eigenvalue weighted by atomic mass is 35.5. The predicted octanol–water partition coefficient (Wildman–Crippen LogP) is 5.79. The van der Waals surface area contributed by atoms with Crippen LogP contribution in [-0.4, -0.2) is 22.7 Å². The Labute approximate surface area is 183 Å². The number of aromatic nitrogens is 1. The number of carbonyl (C=O) groups is 2. The maximum absolute atomic E-state index is 12.7. The lowest BCUT2D eigenvalue weighted by atomic mass is 9.83. The standard InChI is InChI=1S/C24H21ClN2O4/c25-17-3-6-20-16(10-17)12-21(30-20)19(28)9-14-1-4-18(5-2-14)27-24(29)22-11-15-7-8-26-13-23(15)31-22/h3,6-8,10-14,18H,1-2,4-5,9H2,(H,27,29). The number of halogens is 1. The Hall–Kier alpha value is -3.12. The zero-order chi connectivity index (χ0) is 21.4. The van der Waals surface area contributed by atoms with E-state index in [-0.39, 0.29) is 23.7 Å². The Balaban J connectivity index is 1.15. The number of furan rings is 2. The van der Waals surface area contributed by atoms with Crippen LogP contribution in [0.3, 0.4) is 0 Å². The molecular formula is C24H21ClN2O4. The van der Waals surface area contributed by atoms with Gasteiger partial charge in [0.25, 0.3) is 5.91 Å². The molecule has 3 aromatic heterocycles. The van der Waals surface area contributed by atoms with E-state index < -0.39 is 0 Å². The lowest BCUT2D eigenvalue weighted by molar-refractivity contribution is 0.0871. The van der Waals surface area contributed by atoms with Gasteiger partial charge in [-0.2, -0.15) is 0 Å². The third kappa shape index (κ3) is 4.21. The number of Topliss-reactive ketones (excluding diaryl/α,β-unsaturated/α-hetero) is 1. The molecule has 1 fully saturated rings. The van der Waals surface area contributed by atoms with Crippen molar-refractivity contribution in [3.63, 3.8) is 0 Å². The van der Waals surface area contributed by atoms with E-state index in [4.69, 9.17) is 20.4 Å². The Bertz CT molecular complexity index is 1230. The molecule has 1 saturated carbocycles. The Kier molecular flexibility index (Phi) is 5.24. The number of pyridine rings is 1. The fourth-order valence-corrected chi connectivity index (χ4v) is 4.46. The van der Waals surface area contributed by atoms with Gasteiger partial charge in [-0.05, 0) is 68.0 Å². The number of hydrogen-bond acceptors (Lipinski definition) is 5. The molecule has 5 rings (SSSR count). The smallest absolute Gasteiger partial charge is 0.287 e. The van der Waals surface area contributed by atoms with Crippen molar-refractivity contribution in [2.45, 2.75) is 38.1 Å². The van der Waals surface area contributed by atoms with E-state index in [1.807, 2.05) is 6.07 Å². The molecule has 0 spiro atoms. The highest BCUT2D eigenvalue weighted by molar-refractivity contribution is 6.31. The first-order valence-corrected chi connectivity index (χ1v) is 10.8. The van der Waals surface area contributed by atoms with E-state index in [9.17, 15) is 9.59 Å². The number of nitrogens with zero attached hydrogens (tertiary/aromatic N) is 1. The number of fused-ring (bicyclic) bond motifs is 2. The molecule has 1 aromatic carbocycles. The van der Waals surface area contributed by atoms with Crippen LogP contribution in [0.2, 0.25) is 5.02 Å². The number of amides is 1. The van der Waals surface area contributed by atoms with Crippen molar-refractivity contribution in [2.75, 3.05) is 0 Å². The normalized spacial score (nSPS) is 19.0. The summed E-state index contributed by atoms with van der Waals surface area (Å²) in [7, 11) is 0. The van der Waals surface area contributed by atoms with Gasteiger partial charge >= 0.3 is 0 Å². The summed E-state index contributed by atoms with van der Waals surface area (Å²) in [4.78, 5) is 29.2. The van der Waals surface area contributed by atoms with Crippen molar-refractivity contribution >= 4 is 45.2 Å². The van der Waals surface area contributed by atoms with Crippen LogP contribution in [0.1, 0.15) is 53.2 Å².